The summed E-state index contributed by atoms with van der Waals surface area (Å²) >= 11 is 12.3. The highest BCUT2D eigenvalue weighted by molar-refractivity contribution is 8.26. The van der Waals surface area contributed by atoms with Gasteiger partial charge in [-0.2, -0.15) is 5.01 Å². The summed E-state index contributed by atoms with van der Waals surface area (Å²) in [6.45, 7) is 2.53. The van der Waals surface area contributed by atoms with Crippen molar-refractivity contribution in [1.29, 1.82) is 0 Å². The second kappa shape index (κ2) is 8.22. The van der Waals surface area contributed by atoms with E-state index >= 15 is 0 Å². The van der Waals surface area contributed by atoms with Crippen LogP contribution in [0.25, 0.3) is 5.57 Å². The fourth-order valence-corrected chi connectivity index (χ4v) is 4.80. The largest absolute Gasteiger partial charge is 0.308 e. The Morgan fingerprint density at radius 1 is 1.13 bits per heavy atom. The zero-order chi connectivity index (χ0) is 21.4. The topological polar surface area (TPSA) is 69.7 Å². The van der Waals surface area contributed by atoms with Crippen LogP contribution in [-0.2, 0) is 9.59 Å². The molecule has 0 bridgehead atoms. The average Bonchev–Trinajstić information content (AvgIpc) is 3.16. The number of nitrogens with zero attached hydrogens (tertiary/aromatic N) is 2. The molecule has 6 nitrogen and oxygen atoms in total. The molecule has 152 valence electrons. The number of hydrogen-bond donors (Lipinski definition) is 1. The van der Waals surface area contributed by atoms with E-state index in [0.29, 0.717) is 28.3 Å². The van der Waals surface area contributed by atoms with Gasteiger partial charge in [0.2, 0.25) is 0 Å². The van der Waals surface area contributed by atoms with Crippen molar-refractivity contribution in [3.63, 3.8) is 0 Å². The maximum absolute atomic E-state index is 13.1. The van der Waals surface area contributed by atoms with E-state index < -0.39 is 11.8 Å². The van der Waals surface area contributed by atoms with Crippen LogP contribution in [0, 0.1) is 0 Å². The van der Waals surface area contributed by atoms with Crippen LogP contribution in [0.4, 0.5) is 5.69 Å². The number of rotatable bonds is 4. The molecular weight excluding hydrogens is 442 g/mol. The normalized spacial score (nSPS) is 18.3. The van der Waals surface area contributed by atoms with E-state index in [0.717, 1.165) is 28.9 Å². The summed E-state index contributed by atoms with van der Waals surface area (Å²) in [4.78, 5) is 40.7. The molecule has 9 heteroatoms. The van der Waals surface area contributed by atoms with Crippen molar-refractivity contribution >= 4 is 68.9 Å². The van der Waals surface area contributed by atoms with Gasteiger partial charge in [0.15, 0.2) is 4.32 Å². The van der Waals surface area contributed by atoms with Crippen molar-refractivity contribution in [2.45, 2.75) is 13.3 Å². The van der Waals surface area contributed by atoms with E-state index in [4.69, 9.17) is 23.8 Å². The highest BCUT2D eigenvalue weighted by atomic mass is 35.5. The summed E-state index contributed by atoms with van der Waals surface area (Å²) in [6, 6.07) is 13.7. The van der Waals surface area contributed by atoms with Gasteiger partial charge < -0.3 is 4.90 Å². The summed E-state index contributed by atoms with van der Waals surface area (Å²) in [7, 11) is 0. The van der Waals surface area contributed by atoms with Crippen molar-refractivity contribution in [2.24, 2.45) is 0 Å². The number of halogens is 1. The first-order chi connectivity index (χ1) is 14.4. The number of hydrogen-bond acceptors (Lipinski definition) is 5. The number of amides is 3. The second-order valence-electron chi connectivity index (χ2n) is 6.64. The number of nitrogens with one attached hydrogen (secondary N) is 1. The van der Waals surface area contributed by atoms with Crippen molar-refractivity contribution in [2.75, 3.05) is 11.4 Å². The molecule has 2 aliphatic heterocycles. The Labute approximate surface area is 187 Å². The Morgan fingerprint density at radius 2 is 1.90 bits per heavy atom. The highest BCUT2D eigenvalue weighted by Crippen LogP contribution is 2.44. The van der Waals surface area contributed by atoms with Crippen LogP contribution in [0.1, 0.15) is 29.3 Å². The molecule has 30 heavy (non-hydrogen) atoms. The molecule has 2 heterocycles. The predicted octanol–water partition coefficient (Wildman–Crippen LogP) is 4.01. The van der Waals surface area contributed by atoms with E-state index in [1.807, 2.05) is 31.2 Å². The van der Waals surface area contributed by atoms with Crippen LogP contribution in [0.15, 0.2) is 53.4 Å². The van der Waals surface area contributed by atoms with Crippen LogP contribution in [0.3, 0.4) is 0 Å². The summed E-state index contributed by atoms with van der Waals surface area (Å²) in [6.07, 6.45) is 0.782. The van der Waals surface area contributed by atoms with Crippen molar-refractivity contribution < 1.29 is 14.4 Å². The number of hydrazine groups is 1. The monoisotopic (exact) mass is 457 g/mol. The Kier molecular flexibility index (Phi) is 5.64. The number of anilines is 1. The SMILES string of the molecule is CCCN1C(=O)/C(=C2\SC(=S)N(NC(=O)c3cccc(Cl)c3)C2=O)c2ccccc21. The van der Waals surface area contributed by atoms with E-state index in [1.54, 1.807) is 23.1 Å². The summed E-state index contributed by atoms with van der Waals surface area (Å²) in [5.74, 6) is -1.29. The van der Waals surface area contributed by atoms with Gasteiger partial charge >= 0.3 is 0 Å². The summed E-state index contributed by atoms with van der Waals surface area (Å²) < 4.78 is 0.150. The molecule has 0 spiro atoms. The van der Waals surface area contributed by atoms with E-state index in [2.05, 4.69) is 5.43 Å². The molecule has 1 N–H and O–H groups in total. The molecule has 0 radical (unpaired) electrons. The molecule has 3 amide bonds. The first-order valence-electron chi connectivity index (χ1n) is 9.20. The molecular formula is C21H16ClN3O3S2. The Morgan fingerprint density at radius 3 is 2.63 bits per heavy atom. The standard InChI is InChI=1S/C21H16ClN3O3S2/c1-2-10-24-15-9-4-3-8-14(15)16(19(24)27)17-20(28)25(21(29)30-17)23-18(26)12-6-5-7-13(22)11-12/h3-9,11H,2,10H2,1H3,(H,23,26)/b17-16-. The molecule has 1 fully saturated rings. The van der Waals surface area contributed by atoms with Crippen molar-refractivity contribution in [1.82, 2.24) is 10.4 Å². The minimum absolute atomic E-state index is 0.150. The lowest BCUT2D eigenvalue weighted by Crippen LogP contribution is -2.45. The van der Waals surface area contributed by atoms with Crippen molar-refractivity contribution in [3.05, 3.63) is 69.6 Å². The first-order valence-corrected chi connectivity index (χ1v) is 10.8. The summed E-state index contributed by atoms with van der Waals surface area (Å²) in [5, 5.41) is 1.41. The first kappa shape index (κ1) is 20.6. The molecule has 2 aromatic rings. The number of thiocarbonyl (C=S) groups is 1. The minimum Gasteiger partial charge on any atom is -0.308 e. The Hall–Kier alpha value is -2.68. The maximum atomic E-state index is 13.1. The van der Waals surface area contributed by atoms with Crippen molar-refractivity contribution in [3.8, 4) is 0 Å². The van der Waals surface area contributed by atoms with E-state index in [1.165, 1.54) is 6.07 Å². The van der Waals surface area contributed by atoms with Crippen LogP contribution < -0.4 is 10.3 Å². The van der Waals surface area contributed by atoms with Gasteiger partial charge in [-0.3, -0.25) is 19.8 Å². The van der Waals surface area contributed by atoms with Gasteiger partial charge in [0.05, 0.1) is 16.2 Å². The van der Waals surface area contributed by atoms with E-state index in [-0.39, 0.29) is 15.1 Å². The zero-order valence-electron chi connectivity index (χ0n) is 15.8. The van der Waals surface area contributed by atoms with Crippen LogP contribution in [0.2, 0.25) is 5.02 Å². The number of thioether (sulfide) groups is 1. The lowest BCUT2D eigenvalue weighted by molar-refractivity contribution is -0.124. The van der Waals surface area contributed by atoms with Gasteiger partial charge in [-0.15, -0.1) is 0 Å². The number of para-hydroxylation sites is 1. The molecule has 0 atom stereocenters. The average molecular weight is 458 g/mol. The molecule has 0 saturated carbocycles. The number of benzene rings is 2. The number of carbonyl (C=O) groups excluding carboxylic acids is 3. The van der Waals surface area contributed by atoms with Gasteiger partial charge in [-0.1, -0.05) is 54.6 Å². The smallest absolute Gasteiger partial charge is 0.286 e. The molecule has 2 aromatic carbocycles. The maximum Gasteiger partial charge on any atom is 0.286 e. The Balaban J connectivity index is 1.68. The molecule has 4 rings (SSSR count). The Bertz CT molecular complexity index is 1130. The third-order valence-corrected chi connectivity index (χ3v) is 6.27. The second-order valence-corrected chi connectivity index (χ2v) is 8.72. The predicted molar refractivity (Wildman–Crippen MR) is 122 cm³/mol. The number of fused-ring (bicyclic) bond motifs is 1. The lowest BCUT2D eigenvalue weighted by atomic mass is 10.1. The third kappa shape index (κ3) is 3.51. The molecule has 0 aliphatic carbocycles. The zero-order valence-corrected chi connectivity index (χ0v) is 18.2. The lowest BCUT2D eigenvalue weighted by Gasteiger charge is -2.16. The van der Waals surface area contributed by atoms with E-state index in [9.17, 15) is 14.4 Å². The van der Waals surface area contributed by atoms with Crippen LogP contribution in [0.5, 0.6) is 0 Å². The van der Waals surface area contributed by atoms with Gasteiger partial charge in [-0.25, -0.2) is 0 Å². The van der Waals surface area contributed by atoms with Gasteiger partial charge in [-0.05, 0) is 42.9 Å². The molecule has 1 saturated heterocycles. The van der Waals surface area contributed by atoms with Gasteiger partial charge in [0, 0.05) is 22.7 Å². The minimum atomic E-state index is -0.531. The van der Waals surface area contributed by atoms with Gasteiger partial charge in [0.25, 0.3) is 17.7 Å². The fourth-order valence-electron chi connectivity index (χ4n) is 3.36. The molecule has 0 aromatic heterocycles. The van der Waals surface area contributed by atoms with Crippen LogP contribution >= 0.6 is 35.6 Å². The molecule has 0 unspecified atom stereocenters. The van der Waals surface area contributed by atoms with Gasteiger partial charge in [0.1, 0.15) is 0 Å². The quantitative estimate of drug-likeness (QED) is 0.555. The summed E-state index contributed by atoms with van der Waals surface area (Å²) in [5.41, 5.74) is 4.59. The third-order valence-electron chi connectivity index (χ3n) is 4.67. The number of carbonyl (C=O) groups is 3. The molecule has 2 aliphatic rings. The fraction of sp³-hybridized carbons (Fsp3) is 0.143. The highest BCUT2D eigenvalue weighted by Gasteiger charge is 2.42. The van der Waals surface area contributed by atoms with Crippen LogP contribution in [-0.4, -0.2) is 33.6 Å².